The second kappa shape index (κ2) is 11.7. The lowest BCUT2D eigenvalue weighted by Gasteiger charge is -2.24. The average Bonchev–Trinajstić information content (AvgIpc) is 2.79. The quantitative estimate of drug-likeness (QED) is 0.539. The molecule has 3 N–H and O–H groups in total. The molecule has 0 aliphatic carbocycles. The van der Waals surface area contributed by atoms with E-state index in [1.54, 1.807) is 6.20 Å². The van der Waals surface area contributed by atoms with Gasteiger partial charge in [-0.2, -0.15) is 0 Å². The van der Waals surface area contributed by atoms with E-state index in [0.717, 1.165) is 16.8 Å². The van der Waals surface area contributed by atoms with Gasteiger partial charge in [0.15, 0.2) is 0 Å². The summed E-state index contributed by atoms with van der Waals surface area (Å²) in [5, 5.41) is 2.85. The van der Waals surface area contributed by atoms with Gasteiger partial charge in [0.25, 0.3) is 0 Å². The highest BCUT2D eigenvalue weighted by Gasteiger charge is 2.22. The molecule has 1 unspecified atom stereocenters. The fraction of sp³-hybridized carbons (Fsp3) is 0.250. The number of rotatable bonds is 10. The minimum atomic E-state index is -0.524. The standard InChI is InChI=1S/C24H27N3O3/c25-22(15-21-13-7-8-14-26-21)23(18-29-16-19-9-3-1-4-10-19)27-24(28)30-17-20-11-5-2-6-12-20/h1-14,22-23H,15-18,25H2,(H,27,28)/t22?,23-/m1/s1. The number of hydrogen-bond acceptors (Lipinski definition) is 5. The van der Waals surface area contributed by atoms with E-state index < -0.39 is 12.1 Å². The summed E-state index contributed by atoms with van der Waals surface area (Å²) in [5.74, 6) is 0. The molecule has 0 saturated heterocycles. The van der Waals surface area contributed by atoms with Crippen molar-refractivity contribution in [2.75, 3.05) is 6.61 Å². The van der Waals surface area contributed by atoms with Crippen LogP contribution in [-0.2, 0) is 29.1 Å². The van der Waals surface area contributed by atoms with E-state index in [2.05, 4.69) is 10.3 Å². The molecule has 3 aromatic rings. The van der Waals surface area contributed by atoms with Crippen molar-refractivity contribution in [2.24, 2.45) is 5.73 Å². The number of pyridine rings is 1. The summed E-state index contributed by atoms with van der Waals surface area (Å²) in [6.07, 6.45) is 1.72. The highest BCUT2D eigenvalue weighted by molar-refractivity contribution is 5.67. The van der Waals surface area contributed by atoms with Crippen molar-refractivity contribution < 1.29 is 14.3 Å². The molecule has 2 aromatic carbocycles. The zero-order valence-electron chi connectivity index (χ0n) is 16.8. The molecule has 1 heterocycles. The number of hydrogen-bond donors (Lipinski definition) is 2. The molecule has 156 valence electrons. The van der Waals surface area contributed by atoms with Gasteiger partial charge in [-0.15, -0.1) is 0 Å². The van der Waals surface area contributed by atoms with Crippen LogP contribution in [0.3, 0.4) is 0 Å². The summed E-state index contributed by atoms with van der Waals surface area (Å²) < 4.78 is 11.2. The van der Waals surface area contributed by atoms with Gasteiger partial charge in [-0.05, 0) is 23.3 Å². The third-order valence-electron chi connectivity index (χ3n) is 4.61. The zero-order chi connectivity index (χ0) is 21.0. The second-order valence-corrected chi connectivity index (χ2v) is 7.00. The molecular weight excluding hydrogens is 378 g/mol. The van der Waals surface area contributed by atoms with Crippen LogP contribution >= 0.6 is 0 Å². The predicted octanol–water partition coefficient (Wildman–Crippen LogP) is 3.46. The highest BCUT2D eigenvalue weighted by atomic mass is 16.5. The molecule has 0 aliphatic rings. The van der Waals surface area contributed by atoms with E-state index in [4.69, 9.17) is 15.2 Å². The number of aromatic nitrogens is 1. The monoisotopic (exact) mass is 405 g/mol. The molecule has 0 radical (unpaired) electrons. The molecule has 2 atom stereocenters. The summed E-state index contributed by atoms with van der Waals surface area (Å²) in [6, 6.07) is 24.3. The first kappa shape index (κ1) is 21.5. The molecule has 6 heteroatoms. The second-order valence-electron chi connectivity index (χ2n) is 7.00. The van der Waals surface area contributed by atoms with Crippen LogP contribution in [0.15, 0.2) is 85.1 Å². The maximum absolute atomic E-state index is 12.4. The van der Waals surface area contributed by atoms with Gasteiger partial charge in [-0.25, -0.2) is 4.79 Å². The Morgan fingerprint density at radius 2 is 1.53 bits per heavy atom. The summed E-state index contributed by atoms with van der Waals surface area (Å²) in [7, 11) is 0. The number of carbonyl (C=O) groups is 1. The van der Waals surface area contributed by atoms with Crippen LogP contribution < -0.4 is 11.1 Å². The van der Waals surface area contributed by atoms with Gasteiger partial charge in [0.05, 0.1) is 19.3 Å². The summed E-state index contributed by atoms with van der Waals surface area (Å²) in [6.45, 7) is 0.900. The number of benzene rings is 2. The molecular formula is C24H27N3O3. The van der Waals surface area contributed by atoms with Crippen molar-refractivity contribution in [3.8, 4) is 0 Å². The van der Waals surface area contributed by atoms with Crippen molar-refractivity contribution in [1.29, 1.82) is 0 Å². The largest absolute Gasteiger partial charge is 0.445 e. The molecule has 0 aliphatic heterocycles. The Hall–Kier alpha value is -3.22. The Morgan fingerprint density at radius 3 is 2.17 bits per heavy atom. The average molecular weight is 405 g/mol. The smallest absolute Gasteiger partial charge is 0.407 e. The summed E-state index contributed by atoms with van der Waals surface area (Å²) >= 11 is 0. The van der Waals surface area contributed by atoms with E-state index in [1.807, 2.05) is 78.9 Å². The van der Waals surface area contributed by atoms with Gasteiger partial charge in [-0.1, -0.05) is 66.7 Å². The third-order valence-corrected chi connectivity index (χ3v) is 4.61. The molecule has 1 amide bonds. The van der Waals surface area contributed by atoms with Crippen molar-refractivity contribution in [3.05, 3.63) is 102 Å². The van der Waals surface area contributed by atoms with Gasteiger partial charge < -0.3 is 20.5 Å². The van der Waals surface area contributed by atoms with Crippen LogP contribution in [0.4, 0.5) is 4.79 Å². The van der Waals surface area contributed by atoms with Crippen LogP contribution in [0.5, 0.6) is 0 Å². The SMILES string of the molecule is NC(Cc1ccccn1)[C@@H](COCc1ccccc1)NC(=O)OCc1ccccc1. The third kappa shape index (κ3) is 7.31. The molecule has 1 aromatic heterocycles. The first-order valence-corrected chi connectivity index (χ1v) is 9.95. The molecule has 0 bridgehead atoms. The fourth-order valence-corrected chi connectivity index (χ4v) is 2.97. The van der Waals surface area contributed by atoms with Gasteiger partial charge in [0.2, 0.25) is 0 Å². The Bertz CT molecular complexity index is 876. The number of nitrogens with two attached hydrogens (primary N) is 1. The van der Waals surface area contributed by atoms with Gasteiger partial charge in [0, 0.05) is 24.4 Å². The number of carbonyl (C=O) groups excluding carboxylic acids is 1. The zero-order valence-corrected chi connectivity index (χ0v) is 16.8. The highest BCUT2D eigenvalue weighted by Crippen LogP contribution is 2.07. The van der Waals surface area contributed by atoms with E-state index in [9.17, 15) is 4.79 Å². The lowest BCUT2D eigenvalue weighted by Crippen LogP contribution is -2.51. The first-order valence-electron chi connectivity index (χ1n) is 9.95. The van der Waals surface area contributed by atoms with Crippen LogP contribution in [0.25, 0.3) is 0 Å². The topological polar surface area (TPSA) is 86.5 Å². The van der Waals surface area contributed by atoms with Gasteiger partial charge >= 0.3 is 6.09 Å². The maximum atomic E-state index is 12.4. The van der Waals surface area contributed by atoms with Gasteiger partial charge in [0.1, 0.15) is 6.61 Å². The first-order chi connectivity index (χ1) is 14.7. The molecule has 30 heavy (non-hydrogen) atoms. The molecule has 6 nitrogen and oxygen atoms in total. The number of ether oxygens (including phenoxy) is 2. The molecule has 3 rings (SSSR count). The molecule has 0 spiro atoms. The van der Waals surface area contributed by atoms with Crippen LogP contribution in [0.1, 0.15) is 16.8 Å². The van der Waals surface area contributed by atoms with Gasteiger partial charge in [-0.3, -0.25) is 4.98 Å². The van der Waals surface area contributed by atoms with E-state index in [0.29, 0.717) is 13.0 Å². The maximum Gasteiger partial charge on any atom is 0.407 e. The van der Waals surface area contributed by atoms with E-state index in [1.165, 1.54) is 0 Å². The minimum absolute atomic E-state index is 0.194. The molecule has 0 fully saturated rings. The molecule has 0 saturated carbocycles. The Kier molecular flexibility index (Phi) is 8.38. The van der Waals surface area contributed by atoms with E-state index in [-0.39, 0.29) is 19.3 Å². The van der Waals surface area contributed by atoms with Crippen molar-refractivity contribution in [2.45, 2.75) is 31.7 Å². The Labute approximate surface area is 177 Å². The number of amides is 1. The van der Waals surface area contributed by atoms with E-state index >= 15 is 0 Å². The fourth-order valence-electron chi connectivity index (χ4n) is 2.97. The van der Waals surface area contributed by atoms with Crippen LogP contribution in [0, 0.1) is 0 Å². The Balaban J connectivity index is 1.56. The number of nitrogens with one attached hydrogen (secondary N) is 1. The lowest BCUT2D eigenvalue weighted by atomic mass is 10.0. The normalized spacial score (nSPS) is 12.7. The summed E-state index contributed by atoms with van der Waals surface area (Å²) in [4.78, 5) is 16.7. The summed E-state index contributed by atoms with van der Waals surface area (Å²) in [5.41, 5.74) is 9.23. The number of nitrogens with zero attached hydrogens (tertiary/aromatic N) is 1. The predicted molar refractivity (Wildman–Crippen MR) is 116 cm³/mol. The Morgan fingerprint density at radius 1 is 0.900 bits per heavy atom. The van der Waals surface area contributed by atoms with Crippen LogP contribution in [0.2, 0.25) is 0 Å². The van der Waals surface area contributed by atoms with Crippen molar-refractivity contribution >= 4 is 6.09 Å². The van der Waals surface area contributed by atoms with Crippen molar-refractivity contribution in [3.63, 3.8) is 0 Å². The van der Waals surface area contributed by atoms with Crippen molar-refractivity contribution in [1.82, 2.24) is 10.3 Å². The number of alkyl carbamates (subject to hydrolysis) is 1. The minimum Gasteiger partial charge on any atom is -0.445 e. The van der Waals surface area contributed by atoms with Crippen LogP contribution in [-0.4, -0.2) is 29.8 Å². The lowest BCUT2D eigenvalue weighted by molar-refractivity contribution is 0.0822.